The van der Waals surface area contributed by atoms with E-state index in [9.17, 15) is 4.79 Å². The standard InChI is InChI=1S/C21H27NO4/c1-15-5-7-17(8-6-15)13-21(23)22-16(2)18-9-10-19(20(14-18)25-4)26-12-11-24-3/h5-10,14,16H,11-13H2,1-4H3,(H,22,23)/t16-/m0/s1. The van der Waals surface area contributed by atoms with E-state index in [1.165, 1.54) is 5.56 Å². The van der Waals surface area contributed by atoms with Gasteiger partial charge in [-0.1, -0.05) is 35.9 Å². The van der Waals surface area contributed by atoms with Gasteiger partial charge in [0.2, 0.25) is 5.91 Å². The first kappa shape index (κ1) is 19.8. The Kier molecular flexibility index (Phi) is 7.48. The lowest BCUT2D eigenvalue weighted by molar-refractivity contribution is -0.121. The highest BCUT2D eigenvalue weighted by Crippen LogP contribution is 2.30. The van der Waals surface area contributed by atoms with Crippen molar-refractivity contribution in [1.29, 1.82) is 0 Å². The first-order valence-corrected chi connectivity index (χ1v) is 8.68. The van der Waals surface area contributed by atoms with Gasteiger partial charge in [-0.3, -0.25) is 4.79 Å². The molecule has 2 aromatic rings. The summed E-state index contributed by atoms with van der Waals surface area (Å²) in [6.45, 7) is 4.95. The number of carbonyl (C=O) groups is 1. The molecule has 0 aliphatic carbocycles. The Bertz CT molecular complexity index is 712. The molecule has 5 nitrogen and oxygen atoms in total. The van der Waals surface area contributed by atoms with Gasteiger partial charge in [-0.2, -0.15) is 0 Å². The maximum absolute atomic E-state index is 12.3. The Hall–Kier alpha value is -2.53. The van der Waals surface area contributed by atoms with E-state index in [0.717, 1.165) is 11.1 Å². The molecule has 0 aromatic heterocycles. The summed E-state index contributed by atoms with van der Waals surface area (Å²) in [5.74, 6) is 1.28. The highest BCUT2D eigenvalue weighted by molar-refractivity contribution is 5.79. The van der Waals surface area contributed by atoms with Crippen molar-refractivity contribution < 1.29 is 19.0 Å². The van der Waals surface area contributed by atoms with Crippen LogP contribution in [0, 0.1) is 6.92 Å². The van der Waals surface area contributed by atoms with Gasteiger partial charge in [0.05, 0.1) is 26.2 Å². The molecule has 0 radical (unpaired) electrons. The van der Waals surface area contributed by atoms with Gasteiger partial charge in [0.15, 0.2) is 11.5 Å². The van der Waals surface area contributed by atoms with E-state index in [-0.39, 0.29) is 11.9 Å². The van der Waals surface area contributed by atoms with Crippen LogP contribution in [0.5, 0.6) is 11.5 Å². The molecule has 2 rings (SSSR count). The third kappa shape index (κ3) is 5.77. The molecule has 140 valence electrons. The highest BCUT2D eigenvalue weighted by atomic mass is 16.5. The van der Waals surface area contributed by atoms with Crippen LogP contribution >= 0.6 is 0 Å². The molecule has 0 aliphatic heterocycles. The smallest absolute Gasteiger partial charge is 0.224 e. The minimum atomic E-state index is -0.130. The molecule has 0 heterocycles. The van der Waals surface area contributed by atoms with Gasteiger partial charge < -0.3 is 19.5 Å². The average molecular weight is 357 g/mol. The number of methoxy groups -OCH3 is 2. The lowest BCUT2D eigenvalue weighted by atomic mass is 10.1. The summed E-state index contributed by atoms with van der Waals surface area (Å²) in [6, 6.07) is 13.5. The molecule has 0 fully saturated rings. The first-order chi connectivity index (χ1) is 12.5. The second-order valence-electron chi connectivity index (χ2n) is 6.20. The molecular weight excluding hydrogens is 330 g/mol. The minimum absolute atomic E-state index is 0.0132. The lowest BCUT2D eigenvalue weighted by Crippen LogP contribution is -2.28. The van der Waals surface area contributed by atoms with Gasteiger partial charge in [0, 0.05) is 7.11 Å². The predicted molar refractivity (Wildman–Crippen MR) is 102 cm³/mol. The van der Waals surface area contributed by atoms with Crippen LogP contribution in [-0.2, 0) is 16.0 Å². The fourth-order valence-electron chi connectivity index (χ4n) is 2.57. The Morgan fingerprint density at radius 2 is 1.77 bits per heavy atom. The van der Waals surface area contributed by atoms with E-state index < -0.39 is 0 Å². The van der Waals surface area contributed by atoms with Crippen molar-refractivity contribution in [2.75, 3.05) is 27.4 Å². The monoisotopic (exact) mass is 357 g/mol. The van der Waals surface area contributed by atoms with E-state index in [1.54, 1.807) is 14.2 Å². The highest BCUT2D eigenvalue weighted by Gasteiger charge is 2.13. The van der Waals surface area contributed by atoms with Crippen LogP contribution < -0.4 is 14.8 Å². The molecule has 2 aromatic carbocycles. The zero-order valence-corrected chi connectivity index (χ0v) is 15.9. The average Bonchev–Trinajstić information content (AvgIpc) is 2.64. The van der Waals surface area contributed by atoms with Crippen molar-refractivity contribution >= 4 is 5.91 Å². The van der Waals surface area contributed by atoms with Crippen LogP contribution in [0.4, 0.5) is 0 Å². The SMILES string of the molecule is COCCOc1ccc([C@H](C)NC(=O)Cc2ccc(C)cc2)cc1OC. The summed E-state index contributed by atoms with van der Waals surface area (Å²) in [7, 11) is 3.23. The maximum atomic E-state index is 12.3. The third-order valence-corrected chi connectivity index (χ3v) is 4.10. The molecule has 0 saturated heterocycles. The number of amides is 1. The zero-order chi connectivity index (χ0) is 18.9. The number of hydrogen-bond donors (Lipinski definition) is 1. The molecule has 5 heteroatoms. The number of nitrogens with one attached hydrogen (secondary N) is 1. The quantitative estimate of drug-likeness (QED) is 0.699. The van der Waals surface area contributed by atoms with Gasteiger partial charge in [-0.15, -0.1) is 0 Å². The Labute approximate surface area is 155 Å². The number of carbonyl (C=O) groups excluding carboxylic acids is 1. The molecular formula is C21H27NO4. The molecule has 0 spiro atoms. The molecule has 1 N–H and O–H groups in total. The van der Waals surface area contributed by atoms with Gasteiger partial charge in [-0.05, 0) is 37.1 Å². The van der Waals surface area contributed by atoms with Gasteiger partial charge in [0.25, 0.3) is 0 Å². The van der Waals surface area contributed by atoms with Crippen molar-refractivity contribution in [2.45, 2.75) is 26.3 Å². The topological polar surface area (TPSA) is 56.8 Å². The molecule has 0 aliphatic rings. The molecule has 26 heavy (non-hydrogen) atoms. The van der Waals surface area contributed by atoms with E-state index in [1.807, 2.05) is 56.3 Å². The summed E-state index contributed by atoms with van der Waals surface area (Å²) in [5.41, 5.74) is 3.14. The largest absolute Gasteiger partial charge is 0.493 e. The molecule has 0 bridgehead atoms. The molecule has 1 atom stereocenters. The van der Waals surface area contributed by atoms with Crippen molar-refractivity contribution in [2.24, 2.45) is 0 Å². The van der Waals surface area contributed by atoms with E-state index in [4.69, 9.17) is 14.2 Å². The van der Waals surface area contributed by atoms with E-state index in [0.29, 0.717) is 31.1 Å². The Morgan fingerprint density at radius 1 is 1.04 bits per heavy atom. The third-order valence-electron chi connectivity index (χ3n) is 4.10. The number of aryl methyl sites for hydroxylation is 1. The van der Waals surface area contributed by atoms with Crippen LogP contribution in [-0.4, -0.2) is 33.3 Å². The van der Waals surface area contributed by atoms with Gasteiger partial charge in [0.1, 0.15) is 6.61 Å². The summed E-state index contributed by atoms with van der Waals surface area (Å²) < 4.78 is 16.0. The van der Waals surface area contributed by atoms with Crippen LogP contribution in [0.15, 0.2) is 42.5 Å². The summed E-state index contributed by atoms with van der Waals surface area (Å²) in [5, 5.41) is 3.03. The fourth-order valence-corrected chi connectivity index (χ4v) is 2.57. The van der Waals surface area contributed by atoms with Crippen molar-refractivity contribution in [3.63, 3.8) is 0 Å². The van der Waals surface area contributed by atoms with E-state index in [2.05, 4.69) is 5.32 Å². The zero-order valence-electron chi connectivity index (χ0n) is 15.9. The molecule has 1 amide bonds. The summed E-state index contributed by atoms with van der Waals surface area (Å²) >= 11 is 0. The summed E-state index contributed by atoms with van der Waals surface area (Å²) in [4.78, 5) is 12.3. The van der Waals surface area contributed by atoms with Gasteiger partial charge in [-0.25, -0.2) is 0 Å². The molecule has 0 unspecified atom stereocenters. The van der Waals surface area contributed by atoms with Crippen LogP contribution in [0.25, 0.3) is 0 Å². The number of ether oxygens (including phenoxy) is 3. The van der Waals surface area contributed by atoms with Crippen molar-refractivity contribution in [3.8, 4) is 11.5 Å². The number of hydrogen-bond acceptors (Lipinski definition) is 4. The normalized spacial score (nSPS) is 11.7. The Morgan fingerprint density at radius 3 is 2.42 bits per heavy atom. The van der Waals surface area contributed by atoms with Crippen LogP contribution in [0.1, 0.15) is 29.7 Å². The second kappa shape index (κ2) is 9.82. The van der Waals surface area contributed by atoms with E-state index >= 15 is 0 Å². The van der Waals surface area contributed by atoms with Crippen molar-refractivity contribution in [1.82, 2.24) is 5.32 Å². The number of rotatable bonds is 9. The minimum Gasteiger partial charge on any atom is -0.493 e. The van der Waals surface area contributed by atoms with Crippen molar-refractivity contribution in [3.05, 3.63) is 59.2 Å². The fraction of sp³-hybridized carbons (Fsp3) is 0.381. The summed E-state index contributed by atoms with van der Waals surface area (Å²) in [6.07, 6.45) is 0.361. The first-order valence-electron chi connectivity index (χ1n) is 8.68. The Balaban J connectivity index is 1.98. The van der Waals surface area contributed by atoms with Crippen LogP contribution in [0.2, 0.25) is 0 Å². The predicted octanol–water partition coefficient (Wildman–Crippen LogP) is 3.45. The maximum Gasteiger partial charge on any atom is 0.224 e. The molecule has 0 saturated carbocycles. The number of benzene rings is 2. The lowest BCUT2D eigenvalue weighted by Gasteiger charge is -2.17. The van der Waals surface area contributed by atoms with Crippen LogP contribution in [0.3, 0.4) is 0 Å². The second-order valence-corrected chi connectivity index (χ2v) is 6.20. The van der Waals surface area contributed by atoms with Gasteiger partial charge >= 0.3 is 0 Å².